The highest BCUT2D eigenvalue weighted by molar-refractivity contribution is 7.92. The molecule has 4 aromatic rings. The van der Waals surface area contributed by atoms with Gasteiger partial charge in [0, 0.05) is 11.1 Å². The predicted molar refractivity (Wildman–Crippen MR) is 123 cm³/mol. The molecule has 0 saturated heterocycles. The molecule has 1 aliphatic heterocycles. The van der Waals surface area contributed by atoms with Crippen LogP contribution in [0, 0.1) is 0 Å². The van der Waals surface area contributed by atoms with Gasteiger partial charge in [0.05, 0.1) is 4.90 Å². The molecule has 0 radical (unpaired) electrons. The van der Waals surface area contributed by atoms with Gasteiger partial charge in [0.1, 0.15) is 4.90 Å². The molecule has 5 nitrogen and oxygen atoms in total. The van der Waals surface area contributed by atoms with Crippen molar-refractivity contribution >= 4 is 41.5 Å². The van der Waals surface area contributed by atoms with Gasteiger partial charge in [-0.3, -0.25) is 0 Å². The van der Waals surface area contributed by atoms with Crippen LogP contribution >= 0.6 is 0 Å². The molecular weight excluding hydrogens is 603 g/mol. The van der Waals surface area contributed by atoms with Gasteiger partial charge >= 0.3 is 33.4 Å². The maximum atomic E-state index is 14.3. The van der Waals surface area contributed by atoms with Gasteiger partial charge in [0.15, 0.2) is 5.75 Å². The number of halogens is 9. The summed E-state index contributed by atoms with van der Waals surface area (Å²) in [6, 6.07) is 15.0. The second-order valence-corrected chi connectivity index (χ2v) is 12.1. The summed E-state index contributed by atoms with van der Waals surface area (Å²) in [4.78, 5) is -1.53. The molecule has 1 aliphatic rings. The molecule has 0 N–H and O–H groups in total. The minimum absolute atomic E-state index is 0.0205. The average molecular weight is 614 g/mol. The van der Waals surface area contributed by atoms with E-state index in [9.17, 15) is 56.3 Å². The van der Waals surface area contributed by atoms with Crippen LogP contribution in [0.5, 0.6) is 5.75 Å². The summed E-state index contributed by atoms with van der Waals surface area (Å²) in [6.45, 7) is 0. The SMILES string of the molecule is O=S1(=O)c2ccc3ccc4ccccc4c3c2-c2cccc(OS(=O)(=O)C(F)(F)C(F)(F)C(F)(F)C(F)(F)F)c21. The van der Waals surface area contributed by atoms with E-state index in [-0.39, 0.29) is 11.1 Å². The first-order chi connectivity index (χ1) is 18.3. The van der Waals surface area contributed by atoms with Crippen LogP contribution in [0.3, 0.4) is 0 Å². The van der Waals surface area contributed by atoms with Crippen LogP contribution in [-0.2, 0) is 20.0 Å². The molecule has 40 heavy (non-hydrogen) atoms. The molecule has 0 amide bonds. The van der Waals surface area contributed by atoms with Crippen LogP contribution in [0.25, 0.3) is 32.7 Å². The molecule has 0 atom stereocenters. The fourth-order valence-electron chi connectivity index (χ4n) is 4.42. The first kappa shape index (κ1) is 28.0. The Balaban J connectivity index is 1.72. The zero-order chi connectivity index (χ0) is 29.7. The van der Waals surface area contributed by atoms with Crippen molar-refractivity contribution < 1.29 is 60.5 Å². The van der Waals surface area contributed by atoms with Gasteiger partial charge in [-0.05, 0) is 33.7 Å². The summed E-state index contributed by atoms with van der Waals surface area (Å²) in [7, 11) is -12.2. The molecule has 4 aromatic carbocycles. The van der Waals surface area contributed by atoms with Crippen LogP contribution in [0.2, 0.25) is 0 Å². The summed E-state index contributed by atoms with van der Waals surface area (Å²) < 4.78 is 175. The topological polar surface area (TPSA) is 77.5 Å². The Morgan fingerprint density at radius 1 is 0.675 bits per heavy atom. The van der Waals surface area contributed by atoms with Gasteiger partial charge in [-0.15, -0.1) is 0 Å². The van der Waals surface area contributed by atoms with Crippen molar-refractivity contribution in [3.05, 3.63) is 66.7 Å². The van der Waals surface area contributed by atoms with E-state index in [1.165, 1.54) is 6.07 Å². The second-order valence-electron chi connectivity index (χ2n) is 8.66. The molecule has 0 unspecified atom stereocenters. The zero-order valence-electron chi connectivity index (χ0n) is 19.1. The largest absolute Gasteiger partial charge is 0.460 e. The second kappa shape index (κ2) is 8.25. The molecule has 0 aromatic heterocycles. The van der Waals surface area contributed by atoms with Gasteiger partial charge in [-0.1, -0.05) is 54.6 Å². The van der Waals surface area contributed by atoms with Crippen LogP contribution in [0.15, 0.2) is 76.5 Å². The summed E-state index contributed by atoms with van der Waals surface area (Å²) in [5.41, 5.74) is -0.326. The zero-order valence-corrected chi connectivity index (χ0v) is 20.7. The Bertz CT molecular complexity index is 1930. The molecule has 0 spiro atoms. The molecule has 0 saturated carbocycles. The highest BCUT2D eigenvalue weighted by atomic mass is 32.2. The van der Waals surface area contributed by atoms with Crippen molar-refractivity contribution in [2.24, 2.45) is 0 Å². The highest BCUT2D eigenvalue weighted by Gasteiger charge is 2.86. The lowest BCUT2D eigenvalue weighted by Gasteiger charge is -2.32. The van der Waals surface area contributed by atoms with Crippen molar-refractivity contribution in [2.75, 3.05) is 0 Å². The summed E-state index contributed by atoms with van der Waals surface area (Å²) in [5.74, 6) is -16.6. The van der Waals surface area contributed by atoms with Gasteiger partial charge in [-0.25, -0.2) is 8.42 Å². The Morgan fingerprint density at radius 3 is 1.93 bits per heavy atom. The monoisotopic (exact) mass is 614 g/mol. The van der Waals surface area contributed by atoms with Crippen LogP contribution < -0.4 is 4.18 Å². The van der Waals surface area contributed by atoms with E-state index in [0.717, 1.165) is 18.2 Å². The molecule has 0 bridgehead atoms. The average Bonchev–Trinajstić information content (AvgIpc) is 3.10. The van der Waals surface area contributed by atoms with Crippen molar-refractivity contribution in [3.63, 3.8) is 0 Å². The van der Waals surface area contributed by atoms with Crippen LogP contribution in [0.4, 0.5) is 39.5 Å². The predicted octanol–water partition coefficient (Wildman–Crippen LogP) is 6.94. The highest BCUT2D eigenvalue weighted by Crippen LogP contribution is 2.56. The third-order valence-electron chi connectivity index (χ3n) is 6.31. The van der Waals surface area contributed by atoms with E-state index in [1.54, 1.807) is 36.4 Å². The Kier molecular flexibility index (Phi) is 5.78. The molecule has 5 rings (SSSR count). The lowest BCUT2D eigenvalue weighted by molar-refractivity contribution is -0.382. The number of fused-ring (bicyclic) bond motifs is 7. The van der Waals surface area contributed by atoms with Gasteiger partial charge in [0.25, 0.3) is 0 Å². The number of alkyl halides is 9. The van der Waals surface area contributed by atoms with E-state index >= 15 is 0 Å². The smallest absolute Gasteiger partial charge is 0.377 e. The molecule has 1 heterocycles. The quantitative estimate of drug-likeness (QED) is 0.122. The van der Waals surface area contributed by atoms with E-state index in [1.807, 2.05) is 0 Å². The molecule has 212 valence electrons. The minimum atomic E-state index is -7.55. The van der Waals surface area contributed by atoms with E-state index < -0.39 is 58.8 Å². The van der Waals surface area contributed by atoms with Crippen LogP contribution in [0.1, 0.15) is 0 Å². The van der Waals surface area contributed by atoms with E-state index in [0.29, 0.717) is 27.6 Å². The summed E-state index contributed by atoms with van der Waals surface area (Å²) in [6.07, 6.45) is -7.28. The van der Waals surface area contributed by atoms with Gasteiger partial charge in [0.2, 0.25) is 9.84 Å². The first-order valence-corrected chi connectivity index (χ1v) is 13.6. The first-order valence-electron chi connectivity index (χ1n) is 10.7. The maximum absolute atomic E-state index is 14.3. The van der Waals surface area contributed by atoms with E-state index in [2.05, 4.69) is 4.18 Å². The van der Waals surface area contributed by atoms with Gasteiger partial charge in [-0.2, -0.15) is 47.9 Å². The minimum Gasteiger partial charge on any atom is -0.377 e. The van der Waals surface area contributed by atoms with E-state index in [4.69, 9.17) is 0 Å². The fraction of sp³-hybridized carbons (Fsp3) is 0.167. The molecule has 0 fully saturated rings. The standard InChI is InChI=1S/C24H11F9O5S2/c25-21(26,23(29,30)31)22(27,28)24(32,33)40(36,37)38-16-7-3-6-15-19-17(39(34,35)20(15)16)11-10-13-9-8-12-4-1-2-5-14(12)18(13)19/h1-11H. The molecular formula is C24H11F9O5S2. The van der Waals surface area contributed by atoms with Crippen molar-refractivity contribution in [1.29, 1.82) is 0 Å². The number of rotatable bonds is 5. The summed E-state index contributed by atoms with van der Waals surface area (Å²) in [5, 5.41) is -5.16. The fourth-order valence-corrected chi connectivity index (χ4v) is 7.18. The lowest BCUT2D eigenvalue weighted by atomic mass is 9.94. The normalized spacial score (nSPS) is 15.7. The lowest BCUT2D eigenvalue weighted by Crippen LogP contribution is -2.63. The van der Waals surface area contributed by atoms with Crippen molar-refractivity contribution in [2.45, 2.75) is 33.1 Å². The number of sulfone groups is 1. The third-order valence-corrected chi connectivity index (χ3v) is 9.47. The van der Waals surface area contributed by atoms with Crippen molar-refractivity contribution in [3.8, 4) is 16.9 Å². The molecule has 16 heteroatoms. The Labute approximate surface area is 218 Å². The summed E-state index contributed by atoms with van der Waals surface area (Å²) >= 11 is 0. The van der Waals surface area contributed by atoms with Gasteiger partial charge < -0.3 is 4.18 Å². The Hall–Kier alpha value is -3.53. The molecule has 0 aliphatic carbocycles. The van der Waals surface area contributed by atoms with Crippen molar-refractivity contribution in [1.82, 2.24) is 0 Å². The number of hydrogen-bond donors (Lipinski definition) is 0. The maximum Gasteiger partial charge on any atom is 0.460 e. The number of hydrogen-bond acceptors (Lipinski definition) is 5. The third kappa shape index (κ3) is 3.54. The number of benzene rings is 4. The Morgan fingerprint density at radius 2 is 1.27 bits per heavy atom. The van der Waals surface area contributed by atoms with Crippen LogP contribution in [-0.4, -0.2) is 40.1 Å².